The zero-order valence-electron chi connectivity index (χ0n) is 28.5. The number of piperazine rings is 1. The fraction of sp³-hybridized carbons (Fsp3) is 0.559. The topological polar surface area (TPSA) is 143 Å². The minimum Gasteiger partial charge on any atom is -0.509 e. The second-order valence-corrected chi connectivity index (χ2v) is 15.7. The summed E-state index contributed by atoms with van der Waals surface area (Å²) < 4.78 is 31.3. The van der Waals surface area contributed by atoms with Crippen LogP contribution in [0, 0.1) is 0 Å². The summed E-state index contributed by atoms with van der Waals surface area (Å²) in [5, 5.41) is 13.1. The Morgan fingerprint density at radius 3 is 2.16 bits per heavy atom. The van der Waals surface area contributed by atoms with E-state index in [0.717, 1.165) is 30.5 Å². The standard InChI is InChI=1S/C34H44B2N6O7S/c1-50(47,48)41-13-9-25(10-14-41)38-16-18-39(19-17-38)32(44)30(22-23-20-27(35)31(43)28(36)21-23)49-34(46)40-11-7-26(8-12-40)42-15-6-24-4-2-3-5-29(24)37-33(42)45/h2-5,20-21,25-26,30,43H,6-19,22H2,1H3,(H,37,45)/t30-/m1/s1. The van der Waals surface area contributed by atoms with Gasteiger partial charge < -0.3 is 29.9 Å². The van der Waals surface area contributed by atoms with Crippen LogP contribution < -0.4 is 16.2 Å². The first-order valence-corrected chi connectivity index (χ1v) is 19.2. The Hall–Kier alpha value is -3.75. The third-order valence-corrected chi connectivity index (χ3v) is 11.8. The highest BCUT2D eigenvalue weighted by atomic mass is 32.2. The van der Waals surface area contributed by atoms with Crippen LogP contribution >= 0.6 is 0 Å². The summed E-state index contributed by atoms with van der Waals surface area (Å²) in [7, 11) is 8.70. The number of para-hydroxylation sites is 1. The van der Waals surface area contributed by atoms with E-state index in [2.05, 4.69) is 10.2 Å². The van der Waals surface area contributed by atoms with Crippen LogP contribution in [0.1, 0.15) is 36.8 Å². The number of rotatable bonds is 7. The number of phenols is 1. The van der Waals surface area contributed by atoms with Crippen LogP contribution in [0.15, 0.2) is 36.4 Å². The second kappa shape index (κ2) is 15.2. The molecule has 6 rings (SSSR count). The minimum atomic E-state index is -3.21. The van der Waals surface area contributed by atoms with Crippen molar-refractivity contribution in [2.75, 3.05) is 70.5 Å². The molecule has 0 saturated carbocycles. The Kier molecular flexibility index (Phi) is 11.0. The van der Waals surface area contributed by atoms with Crippen molar-refractivity contribution in [1.29, 1.82) is 0 Å². The van der Waals surface area contributed by atoms with Gasteiger partial charge in [0.25, 0.3) is 5.91 Å². The third kappa shape index (κ3) is 8.24. The van der Waals surface area contributed by atoms with Crippen molar-refractivity contribution >= 4 is 60.4 Å². The molecule has 4 heterocycles. The van der Waals surface area contributed by atoms with Crippen molar-refractivity contribution in [3.63, 3.8) is 0 Å². The Morgan fingerprint density at radius 1 is 0.900 bits per heavy atom. The van der Waals surface area contributed by atoms with Gasteiger partial charge in [-0.15, -0.1) is 0 Å². The van der Waals surface area contributed by atoms with Crippen LogP contribution in [-0.2, 0) is 32.4 Å². The molecule has 1 atom stereocenters. The lowest BCUT2D eigenvalue weighted by Crippen LogP contribution is -2.57. The van der Waals surface area contributed by atoms with Gasteiger partial charge in [0.05, 0.1) is 6.26 Å². The van der Waals surface area contributed by atoms with Gasteiger partial charge in [0.1, 0.15) is 21.4 Å². The monoisotopic (exact) mass is 702 g/mol. The van der Waals surface area contributed by atoms with E-state index in [4.69, 9.17) is 20.4 Å². The van der Waals surface area contributed by atoms with Crippen LogP contribution in [0.4, 0.5) is 15.3 Å². The predicted molar refractivity (Wildman–Crippen MR) is 191 cm³/mol. The maximum atomic E-state index is 14.0. The largest absolute Gasteiger partial charge is 0.509 e. The maximum absolute atomic E-state index is 14.0. The number of nitrogens with zero attached hydrogens (tertiary/aromatic N) is 5. The first-order chi connectivity index (χ1) is 23.9. The molecule has 4 aliphatic heterocycles. The van der Waals surface area contributed by atoms with Crippen LogP contribution in [0.3, 0.4) is 0 Å². The number of nitrogens with one attached hydrogen (secondary N) is 1. The molecule has 264 valence electrons. The zero-order chi connectivity index (χ0) is 35.6. The number of sulfonamides is 1. The number of fused-ring (bicyclic) bond motifs is 1. The van der Waals surface area contributed by atoms with E-state index in [9.17, 15) is 27.9 Å². The average Bonchev–Trinajstić information content (AvgIpc) is 3.27. The van der Waals surface area contributed by atoms with E-state index in [-0.39, 0.29) is 47.1 Å². The Bertz CT molecular complexity index is 1670. The Labute approximate surface area is 296 Å². The molecule has 4 aliphatic rings. The van der Waals surface area contributed by atoms with Gasteiger partial charge >= 0.3 is 12.1 Å². The number of carbonyl (C=O) groups is 3. The molecule has 4 radical (unpaired) electrons. The molecule has 4 amide bonds. The first-order valence-electron chi connectivity index (χ1n) is 17.3. The molecule has 2 aromatic carbocycles. The van der Waals surface area contributed by atoms with Gasteiger partial charge in [-0.1, -0.05) is 41.3 Å². The van der Waals surface area contributed by atoms with E-state index in [1.54, 1.807) is 9.80 Å². The molecule has 0 unspecified atom stereocenters. The first kappa shape index (κ1) is 36.1. The highest BCUT2D eigenvalue weighted by Crippen LogP contribution is 2.26. The maximum Gasteiger partial charge on any atom is 0.410 e. The number of amides is 4. The molecule has 0 bridgehead atoms. The number of anilines is 1. The molecule has 0 spiro atoms. The number of aromatic hydroxyl groups is 1. The summed E-state index contributed by atoms with van der Waals surface area (Å²) in [6.07, 6.45) is 2.86. The molecule has 50 heavy (non-hydrogen) atoms. The van der Waals surface area contributed by atoms with Crippen LogP contribution in [0.5, 0.6) is 5.75 Å². The number of urea groups is 1. The second-order valence-electron chi connectivity index (χ2n) is 13.7. The molecular formula is C34H44B2N6O7S. The van der Waals surface area contributed by atoms with Gasteiger partial charge in [-0.3, -0.25) is 9.69 Å². The van der Waals surface area contributed by atoms with Crippen molar-refractivity contribution in [3.8, 4) is 5.75 Å². The lowest BCUT2D eigenvalue weighted by Gasteiger charge is -2.43. The predicted octanol–water partition coefficient (Wildman–Crippen LogP) is 0.150. The molecule has 13 nitrogen and oxygen atoms in total. The normalized spacial score (nSPS) is 20.9. The highest BCUT2D eigenvalue weighted by Gasteiger charge is 2.37. The van der Waals surface area contributed by atoms with E-state index in [1.165, 1.54) is 22.7 Å². The molecular weight excluding hydrogens is 658 g/mol. The quantitative estimate of drug-likeness (QED) is 0.389. The number of hydrogen-bond acceptors (Lipinski definition) is 8. The summed E-state index contributed by atoms with van der Waals surface area (Å²) >= 11 is 0. The zero-order valence-corrected chi connectivity index (χ0v) is 29.3. The van der Waals surface area contributed by atoms with Gasteiger partial charge in [-0.25, -0.2) is 22.3 Å². The average molecular weight is 702 g/mol. The number of benzene rings is 2. The van der Waals surface area contributed by atoms with Crippen LogP contribution in [0.25, 0.3) is 0 Å². The van der Waals surface area contributed by atoms with E-state index in [0.29, 0.717) is 77.3 Å². The van der Waals surface area contributed by atoms with Crippen LogP contribution in [-0.4, -0.2) is 154 Å². The molecule has 0 aliphatic carbocycles. The number of ether oxygens (including phenoxy) is 1. The highest BCUT2D eigenvalue weighted by molar-refractivity contribution is 7.88. The van der Waals surface area contributed by atoms with Gasteiger partial charge in [-0.2, -0.15) is 0 Å². The summed E-state index contributed by atoms with van der Waals surface area (Å²) in [6, 6.07) is 10.9. The van der Waals surface area contributed by atoms with Crippen molar-refractivity contribution in [2.45, 2.75) is 56.7 Å². The summed E-state index contributed by atoms with van der Waals surface area (Å²) in [5.41, 5.74) is 2.59. The number of phenolic OH excluding ortho intramolecular Hbond substituents is 1. The smallest absolute Gasteiger partial charge is 0.410 e. The lowest BCUT2D eigenvalue weighted by atomic mass is 9.83. The van der Waals surface area contributed by atoms with E-state index in [1.807, 2.05) is 29.2 Å². The molecule has 3 saturated heterocycles. The van der Waals surface area contributed by atoms with E-state index < -0.39 is 22.2 Å². The molecule has 2 aromatic rings. The number of likely N-dealkylation sites (tertiary alicyclic amines) is 1. The Morgan fingerprint density at radius 2 is 1.52 bits per heavy atom. The number of carbonyl (C=O) groups excluding carboxylic acids is 3. The Balaban J connectivity index is 1.07. The molecule has 3 fully saturated rings. The lowest BCUT2D eigenvalue weighted by molar-refractivity contribution is -0.143. The van der Waals surface area contributed by atoms with Crippen molar-refractivity contribution < 1.29 is 32.6 Å². The van der Waals surface area contributed by atoms with Crippen LogP contribution in [0.2, 0.25) is 0 Å². The summed E-state index contributed by atoms with van der Waals surface area (Å²) in [6.45, 7) is 4.41. The van der Waals surface area contributed by atoms with Crippen molar-refractivity contribution in [2.24, 2.45) is 0 Å². The van der Waals surface area contributed by atoms with Gasteiger partial charge in [0.15, 0.2) is 6.10 Å². The van der Waals surface area contributed by atoms with Crippen molar-refractivity contribution in [1.82, 2.24) is 23.9 Å². The minimum absolute atomic E-state index is 0.0222. The number of piperidine rings is 2. The SMILES string of the molecule is [B]c1cc(C[C@@H](OC(=O)N2CCC(N3CCc4ccccc4NC3=O)CC2)C(=O)N2CCN(C3CCN(S(C)(=O)=O)CC3)CC2)cc([B])c1O. The van der Waals surface area contributed by atoms with Crippen molar-refractivity contribution in [3.05, 3.63) is 47.5 Å². The summed E-state index contributed by atoms with van der Waals surface area (Å²) in [5.74, 6) is -0.567. The molecule has 0 aromatic heterocycles. The van der Waals surface area contributed by atoms with Gasteiger partial charge in [0.2, 0.25) is 10.0 Å². The fourth-order valence-electron chi connectivity index (χ4n) is 7.60. The third-order valence-electron chi connectivity index (χ3n) is 10.5. The summed E-state index contributed by atoms with van der Waals surface area (Å²) in [4.78, 5) is 48.1. The number of hydrogen-bond donors (Lipinski definition) is 2. The molecule has 16 heteroatoms. The molecule has 2 N–H and O–H groups in total. The fourth-order valence-corrected chi connectivity index (χ4v) is 8.47. The van der Waals surface area contributed by atoms with E-state index >= 15 is 0 Å². The van der Waals surface area contributed by atoms with Gasteiger partial charge in [-0.05, 0) is 49.3 Å². The van der Waals surface area contributed by atoms with Gasteiger partial charge in [0, 0.05) is 83.1 Å².